The number of halogens is 1. The first kappa shape index (κ1) is 19.7. The van der Waals surface area contributed by atoms with E-state index in [1.165, 1.54) is 10.5 Å². The molecule has 1 saturated heterocycles. The van der Waals surface area contributed by atoms with Crippen LogP contribution in [0.1, 0.15) is 31.5 Å². The molecule has 24 heavy (non-hydrogen) atoms. The van der Waals surface area contributed by atoms with Gasteiger partial charge in [-0.25, -0.2) is 4.79 Å². The summed E-state index contributed by atoms with van der Waals surface area (Å²) in [5.74, 6) is 3.49. The molecule has 7 heteroatoms. The van der Waals surface area contributed by atoms with Crippen molar-refractivity contribution in [2.24, 2.45) is 0 Å². The largest absolute Gasteiger partial charge is 0.443 e. The van der Waals surface area contributed by atoms with E-state index in [9.17, 15) is 4.79 Å². The summed E-state index contributed by atoms with van der Waals surface area (Å²) in [6.07, 6.45) is 2.82. The van der Waals surface area contributed by atoms with Crippen molar-refractivity contribution >= 4 is 41.2 Å². The fourth-order valence-electron chi connectivity index (χ4n) is 2.46. The molecule has 0 saturated carbocycles. The summed E-state index contributed by atoms with van der Waals surface area (Å²) in [6.45, 7) is 6.84. The average Bonchev–Trinajstić information content (AvgIpc) is 2.93. The van der Waals surface area contributed by atoms with Crippen LogP contribution >= 0.6 is 35.1 Å². The second-order valence-electron chi connectivity index (χ2n) is 6.04. The molecular formula is C17H25ClN2O2S2. The van der Waals surface area contributed by atoms with Gasteiger partial charge in [-0.1, -0.05) is 0 Å². The fraction of sp³-hybridized carbons (Fsp3) is 0.647. The maximum absolute atomic E-state index is 11.7. The molecule has 0 radical (unpaired) electrons. The van der Waals surface area contributed by atoms with Gasteiger partial charge in [0.1, 0.15) is 6.10 Å². The minimum absolute atomic E-state index is 0.0336. The van der Waals surface area contributed by atoms with Gasteiger partial charge >= 0.3 is 6.09 Å². The molecule has 1 amide bonds. The van der Waals surface area contributed by atoms with E-state index < -0.39 is 0 Å². The molecule has 2 heterocycles. The van der Waals surface area contributed by atoms with Gasteiger partial charge in [-0.2, -0.15) is 11.8 Å². The second kappa shape index (κ2) is 9.78. The first-order valence-corrected chi connectivity index (χ1v) is 10.9. The van der Waals surface area contributed by atoms with E-state index >= 15 is 0 Å². The maximum Gasteiger partial charge on any atom is 0.410 e. The monoisotopic (exact) mass is 388 g/mol. The zero-order chi connectivity index (χ0) is 17.5. The lowest BCUT2D eigenvalue weighted by Crippen LogP contribution is -2.32. The van der Waals surface area contributed by atoms with Gasteiger partial charge in [0, 0.05) is 22.9 Å². The second-order valence-corrected chi connectivity index (χ2v) is 8.60. The predicted molar refractivity (Wildman–Crippen MR) is 103 cm³/mol. The number of hydrogen-bond acceptors (Lipinski definition) is 5. The number of hydrogen-bond donors (Lipinski definition) is 0. The van der Waals surface area contributed by atoms with Crippen LogP contribution in [0.3, 0.4) is 0 Å². The van der Waals surface area contributed by atoms with Crippen LogP contribution in [0.25, 0.3) is 0 Å². The summed E-state index contributed by atoms with van der Waals surface area (Å²) in [5, 5.41) is 0. The molecule has 134 valence electrons. The molecule has 0 N–H and O–H groups in total. The molecule has 1 atom stereocenters. The molecule has 1 aromatic rings. The standard InChI is InChI=1S/C17H25ClN2O2S2/c1-12(2)20-10-14(22-17(20)21)11-23-7-4-8-24-16-5-6-19-15(9-18)13(16)3/h5-6,12,14H,4,7-11H2,1-3H3. The number of pyridine rings is 1. The smallest absolute Gasteiger partial charge is 0.410 e. The van der Waals surface area contributed by atoms with E-state index in [1.54, 1.807) is 4.90 Å². The van der Waals surface area contributed by atoms with Crippen LogP contribution in [0.15, 0.2) is 17.2 Å². The molecule has 1 aliphatic rings. The Hall–Kier alpha value is -0.590. The molecule has 2 rings (SSSR count). The first-order valence-electron chi connectivity index (χ1n) is 8.21. The van der Waals surface area contributed by atoms with E-state index in [2.05, 4.69) is 18.0 Å². The SMILES string of the molecule is Cc1c(SCCCSCC2CN(C(C)C)C(=O)O2)ccnc1CCl. The van der Waals surface area contributed by atoms with Crippen LogP contribution in [0.5, 0.6) is 0 Å². The molecule has 0 bridgehead atoms. The van der Waals surface area contributed by atoms with Crippen molar-refractivity contribution in [3.05, 3.63) is 23.5 Å². The molecule has 0 spiro atoms. The van der Waals surface area contributed by atoms with Gasteiger partial charge in [-0.3, -0.25) is 4.98 Å². The molecule has 0 aromatic carbocycles. The van der Waals surface area contributed by atoms with Crippen molar-refractivity contribution in [1.29, 1.82) is 0 Å². The summed E-state index contributed by atoms with van der Waals surface area (Å²) in [6, 6.07) is 2.27. The van der Waals surface area contributed by atoms with E-state index in [0.29, 0.717) is 5.88 Å². The summed E-state index contributed by atoms with van der Waals surface area (Å²) < 4.78 is 5.39. The number of ether oxygens (including phenoxy) is 1. The van der Waals surface area contributed by atoms with Crippen LogP contribution in [-0.2, 0) is 10.6 Å². The Morgan fingerprint density at radius 2 is 2.25 bits per heavy atom. The highest BCUT2D eigenvalue weighted by atomic mass is 35.5. The zero-order valence-electron chi connectivity index (χ0n) is 14.5. The molecule has 1 aromatic heterocycles. The first-order chi connectivity index (χ1) is 11.5. The molecular weight excluding hydrogens is 364 g/mol. The van der Waals surface area contributed by atoms with Crippen molar-refractivity contribution in [3.8, 4) is 0 Å². The number of nitrogens with zero attached hydrogens (tertiary/aromatic N) is 2. The Morgan fingerprint density at radius 3 is 2.92 bits per heavy atom. The Labute approximate surface area is 158 Å². The van der Waals surface area contributed by atoms with Crippen molar-refractivity contribution in [2.75, 3.05) is 23.8 Å². The number of carbonyl (C=O) groups is 1. The summed E-state index contributed by atoms with van der Waals surface area (Å²) in [4.78, 5) is 19.0. The Bertz CT molecular complexity index is 557. The summed E-state index contributed by atoms with van der Waals surface area (Å²) in [7, 11) is 0. The van der Waals surface area contributed by atoms with Gasteiger partial charge in [0.25, 0.3) is 0 Å². The number of rotatable bonds is 9. The average molecular weight is 389 g/mol. The molecule has 1 aliphatic heterocycles. The molecule has 4 nitrogen and oxygen atoms in total. The van der Waals surface area contributed by atoms with E-state index in [4.69, 9.17) is 16.3 Å². The van der Waals surface area contributed by atoms with Gasteiger partial charge in [0.15, 0.2) is 0 Å². The quantitative estimate of drug-likeness (QED) is 0.352. The highest BCUT2D eigenvalue weighted by Crippen LogP contribution is 2.26. The maximum atomic E-state index is 11.7. The van der Waals surface area contributed by atoms with Crippen LogP contribution in [0, 0.1) is 6.92 Å². The van der Waals surface area contributed by atoms with E-state index in [1.807, 2.05) is 43.6 Å². The molecule has 1 fully saturated rings. The van der Waals surface area contributed by atoms with Crippen LogP contribution in [0.2, 0.25) is 0 Å². The van der Waals surface area contributed by atoms with Gasteiger partial charge in [0.05, 0.1) is 18.1 Å². The van der Waals surface area contributed by atoms with Crippen LogP contribution < -0.4 is 0 Å². The Balaban J connectivity index is 1.62. The third-order valence-corrected chi connectivity index (χ3v) is 6.59. The third-order valence-electron chi connectivity index (χ3n) is 3.91. The Kier molecular flexibility index (Phi) is 8.04. The van der Waals surface area contributed by atoms with Gasteiger partial charge in [-0.05, 0) is 50.3 Å². The molecule has 0 aliphatic carbocycles. The number of alkyl halides is 1. The lowest BCUT2D eigenvalue weighted by Gasteiger charge is -2.16. The van der Waals surface area contributed by atoms with Gasteiger partial charge < -0.3 is 9.64 Å². The molecule has 1 unspecified atom stereocenters. The normalized spacial score (nSPS) is 17.6. The highest BCUT2D eigenvalue weighted by Gasteiger charge is 2.32. The van der Waals surface area contributed by atoms with Gasteiger partial charge in [-0.15, -0.1) is 23.4 Å². The van der Waals surface area contributed by atoms with E-state index in [0.717, 1.165) is 35.9 Å². The van der Waals surface area contributed by atoms with E-state index in [-0.39, 0.29) is 18.2 Å². The number of thioether (sulfide) groups is 2. The Morgan fingerprint density at radius 1 is 1.46 bits per heavy atom. The van der Waals surface area contributed by atoms with Gasteiger partial charge in [0.2, 0.25) is 0 Å². The summed E-state index contributed by atoms with van der Waals surface area (Å²) >= 11 is 9.62. The minimum Gasteiger partial charge on any atom is -0.443 e. The van der Waals surface area contributed by atoms with Crippen molar-refractivity contribution in [3.63, 3.8) is 0 Å². The topological polar surface area (TPSA) is 42.4 Å². The van der Waals surface area contributed by atoms with Crippen LogP contribution in [0.4, 0.5) is 4.79 Å². The number of aromatic nitrogens is 1. The third kappa shape index (κ3) is 5.46. The highest BCUT2D eigenvalue weighted by molar-refractivity contribution is 8.00. The van der Waals surface area contributed by atoms with Crippen molar-refractivity contribution < 1.29 is 9.53 Å². The lowest BCUT2D eigenvalue weighted by atomic mass is 10.2. The lowest BCUT2D eigenvalue weighted by molar-refractivity contribution is 0.136. The van der Waals surface area contributed by atoms with Crippen LogP contribution in [-0.4, -0.2) is 51.9 Å². The predicted octanol–water partition coefficient (Wildman–Crippen LogP) is 4.57. The number of cyclic esters (lactones) is 1. The minimum atomic E-state index is -0.172. The zero-order valence-corrected chi connectivity index (χ0v) is 16.8. The summed E-state index contributed by atoms with van der Waals surface area (Å²) in [5.41, 5.74) is 2.16. The number of amides is 1. The van der Waals surface area contributed by atoms with Crippen molar-refractivity contribution in [2.45, 2.75) is 50.1 Å². The fourth-order valence-corrected chi connectivity index (χ4v) is 4.86. The number of carbonyl (C=O) groups excluding carboxylic acids is 1. The van der Waals surface area contributed by atoms with Crippen molar-refractivity contribution in [1.82, 2.24) is 9.88 Å².